The van der Waals surface area contributed by atoms with Gasteiger partial charge in [-0.2, -0.15) is 0 Å². The lowest BCUT2D eigenvalue weighted by Crippen LogP contribution is -2.52. The van der Waals surface area contributed by atoms with Crippen molar-refractivity contribution in [2.75, 3.05) is 32.1 Å². The Hall–Kier alpha value is -2.03. The predicted molar refractivity (Wildman–Crippen MR) is 106 cm³/mol. The van der Waals surface area contributed by atoms with Crippen molar-refractivity contribution in [3.63, 3.8) is 0 Å². The summed E-state index contributed by atoms with van der Waals surface area (Å²) in [5.74, 6) is -0.908. The molecular formula is C20H25FN2O4S. The van der Waals surface area contributed by atoms with Gasteiger partial charge in [0.05, 0.1) is 23.8 Å². The highest BCUT2D eigenvalue weighted by Gasteiger charge is 2.35. The van der Waals surface area contributed by atoms with Crippen molar-refractivity contribution < 1.29 is 24.1 Å². The van der Waals surface area contributed by atoms with Crippen LogP contribution in [0.4, 0.5) is 4.39 Å². The SMILES string of the molecule is CCSC1=C(C(=O)O)C(C)=CC(N2CCOCC2)N1Cc1ccc(F)cc1O. The molecule has 0 spiro atoms. The number of halogens is 1. The van der Waals surface area contributed by atoms with E-state index in [9.17, 15) is 19.4 Å². The Kier molecular flexibility index (Phi) is 6.64. The van der Waals surface area contributed by atoms with Crippen molar-refractivity contribution in [2.24, 2.45) is 0 Å². The van der Waals surface area contributed by atoms with Crippen LogP contribution >= 0.6 is 11.8 Å². The summed E-state index contributed by atoms with van der Waals surface area (Å²) in [5.41, 5.74) is 1.55. The van der Waals surface area contributed by atoms with Gasteiger partial charge in [0.25, 0.3) is 0 Å². The van der Waals surface area contributed by atoms with Crippen molar-refractivity contribution in [1.29, 1.82) is 0 Å². The molecular weight excluding hydrogens is 383 g/mol. The summed E-state index contributed by atoms with van der Waals surface area (Å²) in [6.07, 6.45) is 1.79. The number of carbonyl (C=O) groups is 1. The molecule has 8 heteroatoms. The first-order valence-electron chi connectivity index (χ1n) is 9.27. The Labute approximate surface area is 168 Å². The van der Waals surface area contributed by atoms with Crippen LogP contribution in [0.15, 0.2) is 40.5 Å². The van der Waals surface area contributed by atoms with E-state index in [2.05, 4.69) is 4.90 Å². The summed E-state index contributed by atoms with van der Waals surface area (Å²) < 4.78 is 18.9. The zero-order valence-electron chi connectivity index (χ0n) is 16.0. The maximum atomic E-state index is 13.4. The lowest BCUT2D eigenvalue weighted by atomic mass is 10.0. The number of morpholine rings is 1. The van der Waals surface area contributed by atoms with Crippen molar-refractivity contribution in [2.45, 2.75) is 26.6 Å². The van der Waals surface area contributed by atoms with Gasteiger partial charge in [0.1, 0.15) is 17.7 Å². The Balaban J connectivity index is 2.04. The second-order valence-electron chi connectivity index (χ2n) is 6.73. The van der Waals surface area contributed by atoms with Gasteiger partial charge in [0.2, 0.25) is 0 Å². The van der Waals surface area contributed by atoms with Crippen LogP contribution in [0.3, 0.4) is 0 Å². The third kappa shape index (κ3) is 4.34. The number of nitrogens with zero attached hydrogens (tertiary/aromatic N) is 2. The molecule has 1 aromatic carbocycles. The molecule has 0 aromatic heterocycles. The molecule has 1 fully saturated rings. The lowest BCUT2D eigenvalue weighted by Gasteiger charge is -2.44. The molecule has 1 unspecified atom stereocenters. The molecule has 0 bridgehead atoms. The van der Waals surface area contributed by atoms with E-state index in [4.69, 9.17) is 4.74 Å². The van der Waals surface area contributed by atoms with E-state index < -0.39 is 11.8 Å². The molecule has 2 aliphatic rings. The molecule has 152 valence electrons. The maximum absolute atomic E-state index is 13.4. The highest BCUT2D eigenvalue weighted by Crippen LogP contribution is 2.37. The average Bonchev–Trinajstić information content (AvgIpc) is 2.66. The molecule has 0 amide bonds. The zero-order chi connectivity index (χ0) is 20.3. The molecule has 6 nitrogen and oxygen atoms in total. The van der Waals surface area contributed by atoms with E-state index in [1.807, 2.05) is 24.8 Å². The van der Waals surface area contributed by atoms with E-state index in [1.165, 1.54) is 17.8 Å². The smallest absolute Gasteiger partial charge is 0.338 e. The Morgan fingerprint density at radius 3 is 2.68 bits per heavy atom. The number of benzene rings is 1. The van der Waals surface area contributed by atoms with Crippen molar-refractivity contribution in [3.05, 3.63) is 51.8 Å². The largest absolute Gasteiger partial charge is 0.507 e. The molecule has 3 rings (SSSR count). The Bertz CT molecular complexity index is 805. The number of phenolic OH excluding ortho intramolecular Hbond substituents is 1. The van der Waals surface area contributed by atoms with Crippen LogP contribution in [-0.2, 0) is 16.1 Å². The first-order chi connectivity index (χ1) is 13.4. The summed E-state index contributed by atoms with van der Waals surface area (Å²) in [6, 6.07) is 3.93. The highest BCUT2D eigenvalue weighted by atomic mass is 32.2. The Morgan fingerprint density at radius 1 is 1.36 bits per heavy atom. The Morgan fingerprint density at radius 2 is 2.07 bits per heavy atom. The van der Waals surface area contributed by atoms with Gasteiger partial charge in [0, 0.05) is 31.3 Å². The molecule has 2 aliphatic heterocycles. The van der Waals surface area contributed by atoms with Gasteiger partial charge in [-0.1, -0.05) is 13.0 Å². The van der Waals surface area contributed by atoms with Gasteiger partial charge in [-0.05, 0) is 30.4 Å². The third-order valence-electron chi connectivity index (χ3n) is 4.89. The number of carboxylic acids is 1. The van der Waals surface area contributed by atoms with Crippen molar-refractivity contribution in [3.8, 4) is 5.75 Å². The van der Waals surface area contributed by atoms with Gasteiger partial charge in [0.15, 0.2) is 0 Å². The number of aliphatic carboxylic acids is 1. The minimum Gasteiger partial charge on any atom is -0.507 e. The fraction of sp³-hybridized carbons (Fsp3) is 0.450. The number of rotatable bonds is 6. The van der Waals surface area contributed by atoms with E-state index in [1.54, 1.807) is 6.07 Å². The normalized spacial score (nSPS) is 21.0. The molecule has 1 atom stereocenters. The maximum Gasteiger partial charge on any atom is 0.338 e. The molecule has 0 aliphatic carbocycles. The number of aromatic hydroxyl groups is 1. The van der Waals surface area contributed by atoms with E-state index >= 15 is 0 Å². The number of thioether (sulfide) groups is 1. The molecule has 2 heterocycles. The monoisotopic (exact) mass is 408 g/mol. The summed E-state index contributed by atoms with van der Waals surface area (Å²) in [4.78, 5) is 16.2. The first-order valence-corrected chi connectivity index (χ1v) is 10.3. The molecule has 28 heavy (non-hydrogen) atoms. The van der Waals surface area contributed by atoms with Crippen LogP contribution < -0.4 is 0 Å². The number of hydrogen-bond donors (Lipinski definition) is 2. The summed E-state index contributed by atoms with van der Waals surface area (Å²) in [6.45, 7) is 6.76. The quantitative estimate of drug-likeness (QED) is 0.750. The predicted octanol–water partition coefficient (Wildman–Crippen LogP) is 3.00. The zero-order valence-corrected chi connectivity index (χ0v) is 16.8. The molecule has 0 saturated carbocycles. The van der Waals surface area contributed by atoms with Crippen LogP contribution in [0, 0.1) is 5.82 Å². The van der Waals surface area contributed by atoms with Crippen molar-refractivity contribution >= 4 is 17.7 Å². The van der Waals surface area contributed by atoms with E-state index in [-0.39, 0.29) is 24.0 Å². The first kappa shape index (κ1) is 20.7. The molecule has 0 radical (unpaired) electrons. The summed E-state index contributed by atoms with van der Waals surface area (Å²) in [7, 11) is 0. The lowest BCUT2D eigenvalue weighted by molar-refractivity contribution is -0.132. The van der Waals surface area contributed by atoms with Gasteiger partial charge < -0.3 is 19.8 Å². The topological polar surface area (TPSA) is 73.2 Å². The number of carboxylic acid groups (broad SMARTS) is 1. The third-order valence-corrected chi connectivity index (χ3v) is 5.89. The van der Waals surface area contributed by atoms with E-state index in [0.29, 0.717) is 29.6 Å². The van der Waals surface area contributed by atoms with Crippen LogP contribution in [0.1, 0.15) is 19.4 Å². The molecule has 1 saturated heterocycles. The van der Waals surface area contributed by atoms with Gasteiger partial charge >= 0.3 is 5.97 Å². The van der Waals surface area contributed by atoms with Crippen LogP contribution in [0.2, 0.25) is 0 Å². The standard InChI is InChI=1S/C20H25FN2O4S/c1-3-28-19-18(20(25)26)13(2)10-17(22-6-8-27-9-7-22)23(19)12-14-4-5-15(21)11-16(14)24/h4-5,10-11,17,24H,3,6-9,12H2,1-2H3,(H,25,26). The summed E-state index contributed by atoms with van der Waals surface area (Å²) >= 11 is 1.47. The summed E-state index contributed by atoms with van der Waals surface area (Å²) in [5, 5.41) is 20.7. The van der Waals surface area contributed by atoms with Crippen LogP contribution in [-0.4, -0.2) is 64.2 Å². The van der Waals surface area contributed by atoms with Gasteiger partial charge in [-0.3, -0.25) is 4.90 Å². The molecule has 2 N–H and O–H groups in total. The second-order valence-corrected chi connectivity index (χ2v) is 7.98. The second kappa shape index (κ2) is 8.98. The average molecular weight is 408 g/mol. The van der Waals surface area contributed by atoms with Crippen LogP contribution in [0.25, 0.3) is 0 Å². The fourth-order valence-electron chi connectivity index (χ4n) is 3.55. The van der Waals surface area contributed by atoms with Crippen molar-refractivity contribution in [1.82, 2.24) is 9.80 Å². The molecule has 1 aromatic rings. The highest BCUT2D eigenvalue weighted by molar-refractivity contribution is 8.03. The number of ether oxygens (including phenoxy) is 1. The minimum atomic E-state index is -0.974. The fourth-order valence-corrected chi connectivity index (χ4v) is 4.55. The number of phenols is 1. The minimum absolute atomic E-state index is 0.135. The van der Waals surface area contributed by atoms with Gasteiger partial charge in [-0.25, -0.2) is 9.18 Å². The van der Waals surface area contributed by atoms with Crippen LogP contribution in [0.5, 0.6) is 5.75 Å². The van der Waals surface area contributed by atoms with Gasteiger partial charge in [-0.15, -0.1) is 11.8 Å². The van der Waals surface area contributed by atoms with E-state index in [0.717, 1.165) is 24.7 Å². The number of hydrogen-bond acceptors (Lipinski definition) is 6.